The number of benzene rings is 2. The Morgan fingerprint density at radius 3 is 2.74 bits per heavy atom. The summed E-state index contributed by atoms with van der Waals surface area (Å²) in [5.41, 5.74) is 9.99. The standard InChI is InChI=1S/C16H16BrNO/c17-13-6-4-11(5-7-13)10-15(18)14-3-1-2-12-8-9-19-16(12)14/h1-7,15H,8-10,18H2. The third kappa shape index (κ3) is 2.67. The summed E-state index contributed by atoms with van der Waals surface area (Å²) in [6, 6.07) is 14.6. The predicted molar refractivity (Wildman–Crippen MR) is 80.4 cm³/mol. The fraction of sp³-hybridized carbons (Fsp3) is 0.250. The van der Waals surface area contributed by atoms with E-state index in [1.807, 2.05) is 12.1 Å². The molecule has 3 heteroatoms. The number of fused-ring (bicyclic) bond motifs is 1. The van der Waals surface area contributed by atoms with Gasteiger partial charge in [-0.2, -0.15) is 0 Å². The molecule has 1 heterocycles. The van der Waals surface area contributed by atoms with E-state index in [-0.39, 0.29) is 6.04 Å². The molecule has 0 aromatic heterocycles. The highest BCUT2D eigenvalue weighted by molar-refractivity contribution is 9.10. The molecule has 2 nitrogen and oxygen atoms in total. The molecule has 2 aromatic carbocycles. The molecule has 0 fully saturated rings. The molecule has 1 atom stereocenters. The summed E-state index contributed by atoms with van der Waals surface area (Å²) < 4.78 is 6.81. The monoisotopic (exact) mass is 317 g/mol. The molecule has 0 aliphatic carbocycles. The van der Waals surface area contributed by atoms with E-state index < -0.39 is 0 Å². The molecule has 0 radical (unpaired) electrons. The second-order valence-electron chi connectivity index (χ2n) is 4.87. The van der Waals surface area contributed by atoms with Gasteiger partial charge in [0, 0.05) is 22.5 Å². The lowest BCUT2D eigenvalue weighted by molar-refractivity contribution is 0.351. The first-order valence-corrected chi connectivity index (χ1v) is 7.28. The van der Waals surface area contributed by atoms with Crippen LogP contribution < -0.4 is 10.5 Å². The smallest absolute Gasteiger partial charge is 0.127 e. The molecule has 2 aromatic rings. The van der Waals surface area contributed by atoms with Crippen LogP contribution in [0, 0.1) is 0 Å². The van der Waals surface area contributed by atoms with Gasteiger partial charge in [0.2, 0.25) is 0 Å². The molecular formula is C16H16BrNO. The summed E-state index contributed by atoms with van der Waals surface area (Å²) >= 11 is 3.45. The van der Waals surface area contributed by atoms with Crippen LogP contribution in [0.25, 0.3) is 0 Å². The molecule has 0 spiro atoms. The predicted octanol–water partition coefficient (Wildman–Crippen LogP) is 3.63. The molecule has 0 saturated carbocycles. The van der Waals surface area contributed by atoms with Crippen LogP contribution in [0.2, 0.25) is 0 Å². The zero-order valence-corrected chi connectivity index (χ0v) is 12.2. The van der Waals surface area contributed by atoms with E-state index in [1.165, 1.54) is 11.1 Å². The number of rotatable bonds is 3. The Bertz CT molecular complexity index is 580. The van der Waals surface area contributed by atoms with E-state index in [0.29, 0.717) is 0 Å². The number of hydrogen-bond donors (Lipinski definition) is 1. The van der Waals surface area contributed by atoms with E-state index in [1.54, 1.807) is 0 Å². The lowest BCUT2D eigenvalue weighted by atomic mass is 9.97. The normalized spacial score (nSPS) is 14.8. The van der Waals surface area contributed by atoms with Gasteiger partial charge in [-0.1, -0.05) is 46.3 Å². The Labute approximate surface area is 121 Å². The molecule has 1 unspecified atom stereocenters. The van der Waals surface area contributed by atoms with Crippen molar-refractivity contribution in [2.45, 2.75) is 18.9 Å². The summed E-state index contributed by atoms with van der Waals surface area (Å²) in [5.74, 6) is 1.01. The van der Waals surface area contributed by atoms with Crippen LogP contribution in [0.3, 0.4) is 0 Å². The topological polar surface area (TPSA) is 35.2 Å². The third-order valence-corrected chi connectivity index (χ3v) is 4.04. The van der Waals surface area contributed by atoms with Crippen molar-refractivity contribution >= 4 is 15.9 Å². The second-order valence-corrected chi connectivity index (χ2v) is 5.79. The van der Waals surface area contributed by atoms with Crippen molar-refractivity contribution in [2.24, 2.45) is 5.73 Å². The third-order valence-electron chi connectivity index (χ3n) is 3.51. The van der Waals surface area contributed by atoms with E-state index in [0.717, 1.165) is 35.2 Å². The van der Waals surface area contributed by atoms with Crippen molar-refractivity contribution in [3.8, 4) is 5.75 Å². The summed E-state index contributed by atoms with van der Waals surface area (Å²) in [7, 11) is 0. The number of ether oxygens (including phenoxy) is 1. The summed E-state index contributed by atoms with van der Waals surface area (Å²) in [6.45, 7) is 0.775. The first-order valence-electron chi connectivity index (χ1n) is 6.48. The molecule has 1 aliphatic heterocycles. The first kappa shape index (κ1) is 12.7. The summed E-state index contributed by atoms with van der Waals surface area (Å²) in [5, 5.41) is 0. The minimum Gasteiger partial charge on any atom is -0.493 e. The van der Waals surface area contributed by atoms with Crippen molar-refractivity contribution in [3.63, 3.8) is 0 Å². The minimum atomic E-state index is -0.0192. The molecule has 19 heavy (non-hydrogen) atoms. The van der Waals surface area contributed by atoms with Crippen LogP contribution in [0.1, 0.15) is 22.7 Å². The van der Waals surface area contributed by atoms with Crippen LogP contribution in [0.4, 0.5) is 0 Å². The highest BCUT2D eigenvalue weighted by Gasteiger charge is 2.19. The van der Waals surface area contributed by atoms with Gasteiger partial charge in [0.25, 0.3) is 0 Å². The molecular weight excluding hydrogens is 302 g/mol. The lowest BCUT2D eigenvalue weighted by Crippen LogP contribution is -2.14. The van der Waals surface area contributed by atoms with Crippen molar-refractivity contribution in [1.82, 2.24) is 0 Å². The van der Waals surface area contributed by atoms with Gasteiger partial charge in [-0.15, -0.1) is 0 Å². The Hall–Kier alpha value is -1.32. The largest absolute Gasteiger partial charge is 0.493 e. The molecule has 0 saturated heterocycles. The second kappa shape index (κ2) is 5.35. The van der Waals surface area contributed by atoms with Crippen molar-refractivity contribution < 1.29 is 4.74 Å². The highest BCUT2D eigenvalue weighted by atomic mass is 79.9. The van der Waals surface area contributed by atoms with Crippen LogP contribution in [-0.2, 0) is 12.8 Å². The average Bonchev–Trinajstić information content (AvgIpc) is 2.89. The lowest BCUT2D eigenvalue weighted by Gasteiger charge is -2.15. The number of hydrogen-bond acceptors (Lipinski definition) is 2. The van der Waals surface area contributed by atoms with Gasteiger partial charge in [0.05, 0.1) is 6.61 Å². The van der Waals surface area contributed by atoms with Gasteiger partial charge in [-0.25, -0.2) is 0 Å². The van der Waals surface area contributed by atoms with Crippen LogP contribution in [-0.4, -0.2) is 6.61 Å². The van der Waals surface area contributed by atoms with Crippen molar-refractivity contribution in [3.05, 3.63) is 63.6 Å². The Morgan fingerprint density at radius 1 is 1.16 bits per heavy atom. The van der Waals surface area contributed by atoms with Gasteiger partial charge >= 0.3 is 0 Å². The SMILES string of the molecule is NC(Cc1ccc(Br)cc1)c1cccc2c1OCC2. The summed E-state index contributed by atoms with van der Waals surface area (Å²) in [6.07, 6.45) is 1.82. The number of nitrogens with two attached hydrogens (primary N) is 1. The minimum absolute atomic E-state index is 0.0192. The van der Waals surface area contributed by atoms with E-state index in [2.05, 4.69) is 46.3 Å². The zero-order chi connectivity index (χ0) is 13.2. The van der Waals surface area contributed by atoms with Crippen molar-refractivity contribution in [2.75, 3.05) is 6.61 Å². The highest BCUT2D eigenvalue weighted by Crippen LogP contribution is 2.33. The van der Waals surface area contributed by atoms with Gasteiger partial charge < -0.3 is 10.5 Å². The summed E-state index contributed by atoms with van der Waals surface area (Å²) in [4.78, 5) is 0. The maximum Gasteiger partial charge on any atom is 0.127 e. The fourth-order valence-corrected chi connectivity index (χ4v) is 2.78. The molecule has 98 valence electrons. The van der Waals surface area contributed by atoms with Gasteiger partial charge in [-0.05, 0) is 29.7 Å². The Kier molecular flexibility index (Phi) is 3.58. The quantitative estimate of drug-likeness (QED) is 0.938. The van der Waals surface area contributed by atoms with Gasteiger partial charge in [0.15, 0.2) is 0 Å². The van der Waals surface area contributed by atoms with E-state index in [4.69, 9.17) is 10.5 Å². The molecule has 0 amide bonds. The van der Waals surface area contributed by atoms with Crippen LogP contribution >= 0.6 is 15.9 Å². The van der Waals surface area contributed by atoms with E-state index >= 15 is 0 Å². The molecule has 2 N–H and O–H groups in total. The van der Waals surface area contributed by atoms with Crippen molar-refractivity contribution in [1.29, 1.82) is 0 Å². The maximum atomic E-state index is 6.35. The number of para-hydroxylation sites is 1. The van der Waals surface area contributed by atoms with Crippen LogP contribution in [0.5, 0.6) is 5.75 Å². The van der Waals surface area contributed by atoms with Gasteiger partial charge in [-0.3, -0.25) is 0 Å². The molecule has 0 bridgehead atoms. The Balaban J connectivity index is 1.83. The first-order chi connectivity index (χ1) is 9.24. The number of halogens is 1. The van der Waals surface area contributed by atoms with E-state index in [9.17, 15) is 0 Å². The Morgan fingerprint density at radius 2 is 1.95 bits per heavy atom. The van der Waals surface area contributed by atoms with Gasteiger partial charge in [0.1, 0.15) is 5.75 Å². The molecule has 3 rings (SSSR count). The average molecular weight is 318 g/mol. The molecule has 1 aliphatic rings. The zero-order valence-electron chi connectivity index (χ0n) is 10.6. The fourth-order valence-electron chi connectivity index (χ4n) is 2.52. The van der Waals surface area contributed by atoms with Crippen LogP contribution in [0.15, 0.2) is 46.9 Å². The maximum absolute atomic E-state index is 6.35.